The molecule has 0 aromatic heterocycles. The summed E-state index contributed by atoms with van der Waals surface area (Å²) in [6.45, 7) is 2.00. The molecule has 5 atom stereocenters. The monoisotopic (exact) mass is 432 g/mol. The fourth-order valence-corrected chi connectivity index (χ4v) is 7.51. The minimum Gasteiger partial charge on any atom is -0.508 e. The molecule has 3 aliphatic carbocycles. The molecule has 0 saturated heterocycles. The van der Waals surface area contributed by atoms with E-state index in [9.17, 15) is 21.9 Å². The molecule has 4 rings (SSSR count). The zero-order valence-electron chi connectivity index (χ0n) is 15.4. The minimum atomic E-state index is -5.16. The van der Waals surface area contributed by atoms with Gasteiger partial charge in [0.25, 0.3) is 0 Å². The van der Waals surface area contributed by atoms with Crippen LogP contribution in [0, 0.1) is 17.3 Å². The zero-order chi connectivity index (χ0) is 20.3. The number of phenols is 1. The molecule has 0 aliphatic heterocycles. The van der Waals surface area contributed by atoms with Crippen molar-refractivity contribution in [2.24, 2.45) is 17.3 Å². The smallest absolute Gasteiger partial charge is 0.416 e. The first-order valence-electron chi connectivity index (χ1n) is 9.42. The van der Waals surface area contributed by atoms with Crippen molar-refractivity contribution in [3.05, 3.63) is 29.3 Å². The van der Waals surface area contributed by atoms with E-state index in [0.29, 0.717) is 18.3 Å². The second-order valence-electron chi connectivity index (χ2n) is 8.41. The Morgan fingerprint density at radius 1 is 1.11 bits per heavy atom. The van der Waals surface area contributed by atoms with Crippen molar-refractivity contribution in [1.29, 1.82) is 0 Å². The fraction of sp³-hybridized carbons (Fsp3) is 0.667. The molecule has 2 N–H and O–H groups in total. The Labute approximate surface area is 165 Å². The lowest BCUT2D eigenvalue weighted by molar-refractivity contribution is -0.0116. The van der Waals surface area contributed by atoms with Crippen molar-refractivity contribution >= 4 is 20.8 Å². The Kier molecular flexibility index (Phi) is 4.78. The van der Waals surface area contributed by atoms with Gasteiger partial charge in [-0.3, -0.25) is 4.55 Å². The maximum Gasteiger partial charge on any atom is 0.416 e. The third-order valence-electron chi connectivity index (χ3n) is 7.03. The van der Waals surface area contributed by atoms with Crippen molar-refractivity contribution in [3.63, 3.8) is 0 Å². The molecule has 28 heavy (non-hydrogen) atoms. The lowest BCUT2D eigenvalue weighted by Gasteiger charge is -2.50. The predicted octanol–water partition coefficient (Wildman–Crippen LogP) is 2.70. The lowest BCUT2D eigenvalue weighted by atomic mass is 9.55. The van der Waals surface area contributed by atoms with E-state index in [1.54, 1.807) is 6.07 Å². The third kappa shape index (κ3) is 3.56. The summed E-state index contributed by atoms with van der Waals surface area (Å²) in [6, 6.07) is 5.55. The number of aryl methyl sites for hydroxylation is 1. The van der Waals surface area contributed by atoms with E-state index in [-0.39, 0.29) is 11.7 Å². The van der Waals surface area contributed by atoms with Gasteiger partial charge in [0.1, 0.15) is 5.75 Å². The van der Waals surface area contributed by atoms with Gasteiger partial charge in [-0.05, 0) is 85.0 Å². The Morgan fingerprint density at radius 2 is 1.86 bits per heavy atom. The van der Waals surface area contributed by atoms with Gasteiger partial charge < -0.3 is 5.11 Å². The maximum atomic E-state index is 11.9. The number of phenolic OH excluding ortho intramolecular Hbond substituents is 1. The van der Waals surface area contributed by atoms with E-state index in [2.05, 4.69) is 3.63 Å². The standard InChI is InChI=1S/C18H24O8S2/c1-18-9-8-14-13-5-3-12(19)10-11(13)2-4-15(14)16(18)6-7-17(18)25-28(23,24)26-27(20,21)22/h3,5,10,14-17,19H,2,4,6-9H2,1H3,(H,20,21,22)/t14-,15-,16+,17+,18+/m1/s1. The largest absolute Gasteiger partial charge is 0.508 e. The quantitative estimate of drug-likeness (QED) is 0.695. The fourth-order valence-electron chi connectivity index (χ4n) is 5.94. The van der Waals surface area contributed by atoms with Crippen LogP contribution in [-0.4, -0.2) is 32.6 Å². The molecule has 0 amide bonds. The average Bonchev–Trinajstić information content (AvgIpc) is 2.88. The van der Waals surface area contributed by atoms with Crippen molar-refractivity contribution < 1.29 is 34.3 Å². The van der Waals surface area contributed by atoms with E-state index < -0.39 is 32.3 Å². The summed E-state index contributed by atoms with van der Waals surface area (Å²) in [5.41, 5.74) is 2.04. The molecule has 0 bridgehead atoms. The molecule has 0 spiro atoms. The lowest BCUT2D eigenvalue weighted by Crippen LogP contribution is -2.45. The number of fused-ring (bicyclic) bond motifs is 5. The highest BCUT2D eigenvalue weighted by molar-refractivity contribution is 7.94. The van der Waals surface area contributed by atoms with Crippen molar-refractivity contribution in [1.82, 2.24) is 0 Å². The summed E-state index contributed by atoms with van der Waals surface area (Å²) < 4.78 is 62.8. The Hall–Kier alpha value is -1.20. The molecule has 156 valence electrons. The first-order chi connectivity index (χ1) is 13.0. The first kappa shape index (κ1) is 20.1. The predicted molar refractivity (Wildman–Crippen MR) is 99.2 cm³/mol. The highest BCUT2D eigenvalue weighted by Gasteiger charge is 2.56. The molecular weight excluding hydrogens is 408 g/mol. The summed E-state index contributed by atoms with van der Waals surface area (Å²) in [6.07, 6.45) is 4.03. The van der Waals surface area contributed by atoms with E-state index >= 15 is 0 Å². The van der Waals surface area contributed by atoms with Crippen LogP contribution in [0.2, 0.25) is 0 Å². The molecule has 1 aromatic carbocycles. The van der Waals surface area contributed by atoms with E-state index in [1.165, 1.54) is 11.1 Å². The van der Waals surface area contributed by atoms with Crippen LogP contribution in [0.1, 0.15) is 56.1 Å². The summed E-state index contributed by atoms with van der Waals surface area (Å²) in [5, 5.41) is 9.75. The first-order valence-corrected chi connectivity index (χ1v) is 12.1. The van der Waals surface area contributed by atoms with E-state index in [4.69, 9.17) is 8.74 Å². The van der Waals surface area contributed by atoms with E-state index in [1.807, 2.05) is 19.1 Å². The molecular formula is C18H24O8S2. The highest BCUT2D eigenvalue weighted by Crippen LogP contribution is 2.61. The second-order valence-corrected chi connectivity index (χ2v) is 10.8. The van der Waals surface area contributed by atoms with Crippen molar-refractivity contribution in [3.8, 4) is 5.75 Å². The van der Waals surface area contributed by atoms with Gasteiger partial charge in [-0.1, -0.05) is 13.0 Å². The van der Waals surface area contributed by atoms with Gasteiger partial charge in [-0.2, -0.15) is 16.8 Å². The molecule has 2 fully saturated rings. The Balaban J connectivity index is 1.57. The van der Waals surface area contributed by atoms with Crippen LogP contribution in [0.4, 0.5) is 0 Å². The number of hydrogen-bond acceptors (Lipinski definition) is 7. The third-order valence-corrected chi connectivity index (χ3v) is 8.85. The Bertz CT molecular complexity index is 987. The average molecular weight is 433 g/mol. The molecule has 8 nitrogen and oxygen atoms in total. The normalized spacial score (nSPS) is 35.1. The van der Waals surface area contributed by atoms with Crippen molar-refractivity contribution in [2.75, 3.05) is 0 Å². The van der Waals surface area contributed by atoms with Gasteiger partial charge in [-0.15, -0.1) is 3.63 Å². The van der Waals surface area contributed by atoms with Gasteiger partial charge in [0, 0.05) is 0 Å². The van der Waals surface area contributed by atoms with Crippen LogP contribution in [0.3, 0.4) is 0 Å². The van der Waals surface area contributed by atoms with Gasteiger partial charge in [0.2, 0.25) is 0 Å². The summed E-state index contributed by atoms with van der Waals surface area (Å²) in [5.74, 6) is 1.27. The topological polar surface area (TPSA) is 127 Å². The van der Waals surface area contributed by atoms with Crippen LogP contribution >= 0.6 is 0 Å². The molecule has 0 radical (unpaired) electrons. The SMILES string of the molecule is C[C@]12CC[C@@H]3c4ccc(O)cc4CC[C@H]3[C@@H]1CC[C@@H]2OS(=O)(=O)OS(=O)(=O)O. The van der Waals surface area contributed by atoms with Crippen LogP contribution in [0.25, 0.3) is 0 Å². The summed E-state index contributed by atoms with van der Waals surface area (Å²) in [4.78, 5) is 0. The van der Waals surface area contributed by atoms with Gasteiger partial charge >= 0.3 is 20.8 Å². The van der Waals surface area contributed by atoms with Gasteiger partial charge in [0.15, 0.2) is 0 Å². The molecule has 3 aliphatic rings. The number of benzene rings is 1. The molecule has 0 unspecified atom stereocenters. The minimum absolute atomic E-state index is 0.249. The van der Waals surface area contributed by atoms with Crippen LogP contribution in [0.5, 0.6) is 5.75 Å². The second kappa shape index (κ2) is 6.66. The van der Waals surface area contributed by atoms with Crippen LogP contribution in [-0.2, 0) is 35.0 Å². The molecule has 2 saturated carbocycles. The maximum absolute atomic E-state index is 11.9. The zero-order valence-corrected chi connectivity index (χ0v) is 17.1. The van der Waals surface area contributed by atoms with Gasteiger partial charge in [0.05, 0.1) is 6.10 Å². The van der Waals surface area contributed by atoms with Gasteiger partial charge in [-0.25, -0.2) is 4.18 Å². The summed E-state index contributed by atoms with van der Waals surface area (Å²) >= 11 is 0. The van der Waals surface area contributed by atoms with Crippen LogP contribution in [0.15, 0.2) is 18.2 Å². The molecule has 0 heterocycles. The Morgan fingerprint density at radius 3 is 2.57 bits per heavy atom. The summed E-state index contributed by atoms with van der Waals surface area (Å²) in [7, 11) is -10.0. The number of hydrogen-bond donors (Lipinski definition) is 2. The molecule has 1 aromatic rings. The van der Waals surface area contributed by atoms with Crippen LogP contribution < -0.4 is 0 Å². The highest BCUT2D eigenvalue weighted by atomic mass is 32.3. The number of aromatic hydroxyl groups is 1. The number of rotatable bonds is 4. The molecule has 10 heteroatoms. The van der Waals surface area contributed by atoms with E-state index in [0.717, 1.165) is 32.1 Å². The van der Waals surface area contributed by atoms with Crippen molar-refractivity contribution in [2.45, 2.75) is 57.5 Å².